The number of anilines is 4. The molecule has 0 bridgehead atoms. The summed E-state index contributed by atoms with van der Waals surface area (Å²) in [6.45, 7) is 5.48. The molecule has 0 aliphatic carbocycles. The third kappa shape index (κ3) is 8.82. The average Bonchev–Trinajstić information content (AvgIpc) is 3.58. The number of piperidine rings is 1. The molecule has 3 saturated heterocycles. The van der Waals surface area contributed by atoms with Gasteiger partial charge in [-0.2, -0.15) is 5.10 Å². The number of ether oxygens (including phenoxy) is 1. The van der Waals surface area contributed by atoms with Gasteiger partial charge in [0.05, 0.1) is 11.1 Å². The SMILES string of the molecule is O=C1CCC(Nc2ccc(CN3CCN(c4ccc(C(=O)Nc5n[nH]c6ccc(Cc7cc(F)cc(F)c7)cc56)c(NC5CCOCC5)c4)CC3)cc2)C(=O)N1. The molecular weight excluding hydrogens is 719 g/mol. The lowest BCUT2D eigenvalue weighted by atomic mass is 10.0. The van der Waals surface area contributed by atoms with E-state index < -0.39 is 17.7 Å². The van der Waals surface area contributed by atoms with E-state index in [2.05, 4.69) is 59.5 Å². The molecule has 1 aromatic heterocycles. The summed E-state index contributed by atoms with van der Waals surface area (Å²) in [4.78, 5) is 42.3. The second-order valence-corrected chi connectivity index (χ2v) is 14.7. The van der Waals surface area contributed by atoms with Gasteiger partial charge in [0.15, 0.2) is 5.82 Å². The van der Waals surface area contributed by atoms with Gasteiger partial charge in [-0.05, 0) is 97.0 Å². The number of benzene rings is 4. The summed E-state index contributed by atoms with van der Waals surface area (Å²) in [5.41, 5.74) is 6.35. The first-order valence-electron chi connectivity index (χ1n) is 19.1. The van der Waals surface area contributed by atoms with Crippen molar-refractivity contribution in [1.82, 2.24) is 20.4 Å². The fraction of sp³-hybridized carbons (Fsp3) is 0.333. The number of nitrogens with one attached hydrogen (secondary N) is 5. The van der Waals surface area contributed by atoms with E-state index in [1.807, 2.05) is 42.5 Å². The number of carbonyl (C=O) groups excluding carboxylic acids is 3. The molecule has 4 aromatic carbocycles. The van der Waals surface area contributed by atoms with E-state index in [0.29, 0.717) is 54.8 Å². The minimum absolute atomic E-state index is 0.162. The van der Waals surface area contributed by atoms with Gasteiger partial charge in [-0.3, -0.25) is 29.7 Å². The van der Waals surface area contributed by atoms with Crippen LogP contribution in [0.1, 0.15) is 52.7 Å². The van der Waals surface area contributed by atoms with Crippen molar-refractivity contribution < 1.29 is 27.9 Å². The maximum absolute atomic E-state index is 14.0. The third-order valence-electron chi connectivity index (χ3n) is 10.7. The largest absolute Gasteiger partial charge is 0.381 e. The number of hydrogen-bond donors (Lipinski definition) is 5. The van der Waals surface area contributed by atoms with Crippen LogP contribution in [0.25, 0.3) is 10.9 Å². The number of fused-ring (bicyclic) bond motifs is 1. The summed E-state index contributed by atoms with van der Waals surface area (Å²) in [5, 5.41) is 20.3. The van der Waals surface area contributed by atoms with Crippen molar-refractivity contribution in [2.45, 2.75) is 50.7 Å². The maximum Gasteiger partial charge on any atom is 0.258 e. The molecule has 1 atom stereocenters. The van der Waals surface area contributed by atoms with E-state index in [1.165, 1.54) is 17.7 Å². The number of rotatable bonds is 11. The average molecular weight is 763 g/mol. The van der Waals surface area contributed by atoms with Crippen molar-refractivity contribution in [3.63, 3.8) is 0 Å². The number of H-pyrrole nitrogens is 1. The molecule has 290 valence electrons. The predicted molar refractivity (Wildman–Crippen MR) is 211 cm³/mol. The van der Waals surface area contributed by atoms with E-state index in [9.17, 15) is 23.2 Å². The fourth-order valence-corrected chi connectivity index (χ4v) is 7.66. The number of aromatic amines is 1. The maximum atomic E-state index is 14.0. The summed E-state index contributed by atoms with van der Waals surface area (Å²) in [5.74, 6) is -1.70. The zero-order valence-electron chi connectivity index (χ0n) is 30.9. The summed E-state index contributed by atoms with van der Waals surface area (Å²) >= 11 is 0. The Morgan fingerprint density at radius 3 is 2.32 bits per heavy atom. The quantitative estimate of drug-likeness (QED) is 0.105. The van der Waals surface area contributed by atoms with Gasteiger partial charge in [0.2, 0.25) is 11.8 Å². The number of hydrogen-bond acceptors (Lipinski definition) is 9. The van der Waals surface area contributed by atoms with E-state index in [1.54, 1.807) is 0 Å². The summed E-state index contributed by atoms with van der Waals surface area (Å²) in [7, 11) is 0. The van der Waals surface area contributed by atoms with Crippen LogP contribution < -0.4 is 26.2 Å². The van der Waals surface area contributed by atoms with Crippen LogP contribution in [-0.2, 0) is 27.3 Å². The Balaban J connectivity index is 0.926. The lowest BCUT2D eigenvalue weighted by Crippen LogP contribution is -2.47. The van der Waals surface area contributed by atoms with Gasteiger partial charge in [-0.1, -0.05) is 18.2 Å². The van der Waals surface area contributed by atoms with E-state index in [-0.39, 0.29) is 23.8 Å². The first-order chi connectivity index (χ1) is 27.2. The van der Waals surface area contributed by atoms with E-state index in [4.69, 9.17) is 4.74 Å². The van der Waals surface area contributed by atoms with Gasteiger partial charge in [0.25, 0.3) is 5.91 Å². The third-order valence-corrected chi connectivity index (χ3v) is 10.7. The van der Waals surface area contributed by atoms with Gasteiger partial charge in [0.1, 0.15) is 17.7 Å². The summed E-state index contributed by atoms with van der Waals surface area (Å²) in [6, 6.07) is 22.8. The van der Waals surface area contributed by atoms with Crippen LogP contribution in [0.15, 0.2) is 78.9 Å². The monoisotopic (exact) mass is 762 g/mol. The molecule has 5 N–H and O–H groups in total. The summed E-state index contributed by atoms with van der Waals surface area (Å²) in [6.07, 6.45) is 2.80. The lowest BCUT2D eigenvalue weighted by molar-refractivity contribution is -0.133. The highest BCUT2D eigenvalue weighted by molar-refractivity contribution is 6.11. The number of piperazine rings is 1. The standard InChI is InChI=1S/C42H44F2N8O4/c43-29-20-28(21-30(44)23-29)19-27-3-8-36-35(22-27)40(50-49-36)48-41(54)34-7-6-33(24-38(34)46-32-11-17-56-18-12-32)52-15-13-51(14-16-52)25-26-1-4-31(5-2-26)45-37-9-10-39(53)47-42(37)55/h1-8,20-24,32,37,45-46H,9-19,25H2,(H,47,53,55)(H2,48,49,50,54). The molecule has 14 heteroatoms. The zero-order valence-corrected chi connectivity index (χ0v) is 30.9. The van der Waals surface area contributed by atoms with Crippen molar-refractivity contribution >= 4 is 51.5 Å². The Bertz CT molecular complexity index is 2210. The summed E-state index contributed by atoms with van der Waals surface area (Å²) < 4.78 is 33.3. The molecule has 5 aromatic rings. The Labute approximate surface area is 323 Å². The lowest BCUT2D eigenvalue weighted by Gasteiger charge is -2.36. The first-order valence-corrected chi connectivity index (χ1v) is 19.1. The fourth-order valence-electron chi connectivity index (χ4n) is 7.66. The van der Waals surface area contributed by atoms with Crippen LogP contribution in [0.3, 0.4) is 0 Å². The van der Waals surface area contributed by atoms with Crippen molar-refractivity contribution in [1.29, 1.82) is 0 Å². The van der Waals surface area contributed by atoms with Crippen molar-refractivity contribution in [2.24, 2.45) is 0 Å². The second kappa shape index (κ2) is 16.5. The van der Waals surface area contributed by atoms with Crippen LogP contribution in [0, 0.1) is 11.6 Å². The Kier molecular flexibility index (Phi) is 10.9. The zero-order chi connectivity index (χ0) is 38.6. The molecule has 0 saturated carbocycles. The Morgan fingerprint density at radius 2 is 1.57 bits per heavy atom. The van der Waals surface area contributed by atoms with Gasteiger partial charge in [-0.25, -0.2) is 8.78 Å². The molecule has 56 heavy (non-hydrogen) atoms. The molecule has 0 radical (unpaired) electrons. The van der Waals surface area contributed by atoms with Crippen LogP contribution in [0.5, 0.6) is 0 Å². The number of carbonyl (C=O) groups is 3. The van der Waals surface area contributed by atoms with Crippen LogP contribution >= 0.6 is 0 Å². The molecule has 12 nitrogen and oxygen atoms in total. The van der Waals surface area contributed by atoms with Gasteiger partial charge >= 0.3 is 0 Å². The van der Waals surface area contributed by atoms with Gasteiger partial charge in [0, 0.05) is 86.9 Å². The minimum Gasteiger partial charge on any atom is -0.381 e. The molecule has 3 amide bonds. The van der Waals surface area contributed by atoms with Crippen molar-refractivity contribution in [3.05, 3.63) is 113 Å². The highest BCUT2D eigenvalue weighted by Crippen LogP contribution is 2.30. The number of nitrogens with zero attached hydrogens (tertiary/aromatic N) is 3. The molecule has 3 aliphatic heterocycles. The highest BCUT2D eigenvalue weighted by atomic mass is 19.1. The first kappa shape index (κ1) is 37.1. The number of aromatic nitrogens is 2. The molecule has 3 aliphatic rings. The molecule has 0 spiro atoms. The van der Waals surface area contributed by atoms with E-state index >= 15 is 0 Å². The number of halogens is 2. The van der Waals surface area contributed by atoms with Crippen LogP contribution in [0.2, 0.25) is 0 Å². The molecule has 4 heterocycles. The molecular formula is C42H44F2N8O4. The van der Waals surface area contributed by atoms with Crippen LogP contribution in [-0.4, -0.2) is 84.3 Å². The van der Waals surface area contributed by atoms with Crippen molar-refractivity contribution in [3.8, 4) is 0 Å². The molecule has 3 fully saturated rings. The topological polar surface area (TPSA) is 144 Å². The molecule has 1 unspecified atom stereocenters. The second-order valence-electron chi connectivity index (χ2n) is 14.7. The smallest absolute Gasteiger partial charge is 0.258 e. The van der Waals surface area contributed by atoms with Crippen LogP contribution in [0.4, 0.5) is 31.7 Å². The highest BCUT2D eigenvalue weighted by Gasteiger charge is 2.27. The van der Waals surface area contributed by atoms with E-state index in [0.717, 1.165) is 79.8 Å². The predicted octanol–water partition coefficient (Wildman–Crippen LogP) is 5.81. The Hall–Kier alpha value is -5.86. The van der Waals surface area contributed by atoms with Crippen molar-refractivity contribution in [2.75, 3.05) is 60.2 Å². The number of imide groups is 1. The minimum atomic E-state index is -0.627. The van der Waals surface area contributed by atoms with Gasteiger partial charge < -0.3 is 25.6 Å². The number of amides is 3. The van der Waals surface area contributed by atoms with Gasteiger partial charge in [-0.15, -0.1) is 0 Å². The normalized spacial score (nSPS) is 18.2. The molecule has 8 rings (SSSR count). The Morgan fingerprint density at radius 1 is 0.821 bits per heavy atom.